The molecule has 1 fully saturated rings. The zero-order chi connectivity index (χ0) is 15.2. The van der Waals surface area contributed by atoms with Crippen LogP contribution in [0.2, 0.25) is 0 Å². The van der Waals surface area contributed by atoms with E-state index < -0.39 is 17.4 Å². The number of carbonyl (C=O) groups excluding carboxylic acids is 3. The second-order valence-electron chi connectivity index (χ2n) is 4.99. The topological polar surface area (TPSA) is 69.7 Å². The third kappa shape index (κ3) is 3.08. The molecule has 5 heteroatoms. The lowest BCUT2D eigenvalue weighted by molar-refractivity contribution is -0.160. The Morgan fingerprint density at radius 2 is 2.00 bits per heavy atom. The van der Waals surface area contributed by atoms with Crippen LogP contribution in [0.25, 0.3) is 0 Å². The highest BCUT2D eigenvalue weighted by molar-refractivity contribution is 6.06. The standard InChI is InChI=1S/C15H22O5/c1-4-5-6-9-15(14(18)20-3)11(7-8-12(15)16)10-13(17)19-2/h5-6,11H,4,7-10H2,1-3H3/b6-5-. The van der Waals surface area contributed by atoms with Crippen molar-refractivity contribution < 1.29 is 23.9 Å². The van der Waals surface area contributed by atoms with Crippen molar-refractivity contribution in [3.63, 3.8) is 0 Å². The number of hydrogen-bond donors (Lipinski definition) is 0. The van der Waals surface area contributed by atoms with E-state index in [1.807, 2.05) is 19.1 Å². The Morgan fingerprint density at radius 1 is 1.30 bits per heavy atom. The SMILES string of the molecule is CC/C=C\CC1(C(=O)OC)C(=O)CCC1CC(=O)OC. The van der Waals surface area contributed by atoms with Crippen LogP contribution >= 0.6 is 0 Å². The van der Waals surface area contributed by atoms with E-state index in [1.165, 1.54) is 14.2 Å². The first-order valence-corrected chi connectivity index (χ1v) is 6.86. The largest absolute Gasteiger partial charge is 0.469 e. The highest BCUT2D eigenvalue weighted by atomic mass is 16.5. The van der Waals surface area contributed by atoms with Gasteiger partial charge in [-0.05, 0) is 25.2 Å². The molecule has 0 spiro atoms. The molecule has 0 amide bonds. The van der Waals surface area contributed by atoms with E-state index in [9.17, 15) is 14.4 Å². The summed E-state index contributed by atoms with van der Waals surface area (Å²) in [5.41, 5.74) is -1.23. The fourth-order valence-corrected chi connectivity index (χ4v) is 2.83. The zero-order valence-electron chi connectivity index (χ0n) is 12.3. The van der Waals surface area contributed by atoms with Gasteiger partial charge in [0.25, 0.3) is 0 Å². The van der Waals surface area contributed by atoms with E-state index in [0.717, 1.165) is 6.42 Å². The van der Waals surface area contributed by atoms with Crippen molar-refractivity contribution in [3.8, 4) is 0 Å². The van der Waals surface area contributed by atoms with E-state index in [1.54, 1.807) is 0 Å². The maximum atomic E-state index is 12.3. The third-order valence-electron chi connectivity index (χ3n) is 3.95. The Kier molecular flexibility index (Phi) is 5.92. The van der Waals surface area contributed by atoms with Gasteiger partial charge >= 0.3 is 11.9 Å². The lowest BCUT2D eigenvalue weighted by Gasteiger charge is -2.29. The number of methoxy groups -OCH3 is 2. The Balaban J connectivity index is 3.07. The van der Waals surface area contributed by atoms with Crippen molar-refractivity contribution in [1.29, 1.82) is 0 Å². The van der Waals surface area contributed by atoms with Crippen LogP contribution in [0, 0.1) is 11.3 Å². The molecule has 0 aromatic heterocycles. The lowest BCUT2D eigenvalue weighted by atomic mass is 9.73. The maximum absolute atomic E-state index is 12.3. The van der Waals surface area contributed by atoms with Crippen molar-refractivity contribution in [3.05, 3.63) is 12.2 Å². The monoisotopic (exact) mass is 282 g/mol. The van der Waals surface area contributed by atoms with Crippen LogP contribution in [0.1, 0.15) is 39.0 Å². The molecule has 0 aliphatic heterocycles. The number of hydrogen-bond acceptors (Lipinski definition) is 5. The minimum absolute atomic E-state index is 0.0668. The number of Topliss-reactive ketones (excluding diaryl/α,β-unsaturated/α-hetero) is 1. The molecule has 112 valence electrons. The van der Waals surface area contributed by atoms with Crippen LogP contribution in [-0.4, -0.2) is 31.9 Å². The summed E-state index contributed by atoms with van der Waals surface area (Å²) in [6.07, 6.45) is 5.73. The molecule has 0 N–H and O–H groups in total. The summed E-state index contributed by atoms with van der Waals surface area (Å²) >= 11 is 0. The summed E-state index contributed by atoms with van der Waals surface area (Å²) < 4.78 is 9.50. The second-order valence-corrected chi connectivity index (χ2v) is 4.99. The summed E-state index contributed by atoms with van der Waals surface area (Å²) in [4.78, 5) is 36.0. The van der Waals surface area contributed by atoms with Crippen LogP contribution in [-0.2, 0) is 23.9 Å². The average molecular weight is 282 g/mol. The maximum Gasteiger partial charge on any atom is 0.319 e. The van der Waals surface area contributed by atoms with Crippen molar-refractivity contribution in [2.75, 3.05) is 14.2 Å². The summed E-state index contributed by atoms with van der Waals surface area (Å²) in [6.45, 7) is 1.98. The highest BCUT2D eigenvalue weighted by Gasteiger charge is 2.56. The molecule has 1 aliphatic carbocycles. The number of carbonyl (C=O) groups is 3. The predicted octanol–water partition coefficient (Wildman–Crippen LogP) is 2.04. The molecule has 20 heavy (non-hydrogen) atoms. The van der Waals surface area contributed by atoms with Gasteiger partial charge in [-0.25, -0.2) is 0 Å². The molecule has 1 aliphatic rings. The molecular weight excluding hydrogens is 260 g/mol. The van der Waals surface area contributed by atoms with Gasteiger partial charge in [-0.1, -0.05) is 19.1 Å². The highest BCUT2D eigenvalue weighted by Crippen LogP contribution is 2.46. The molecule has 2 atom stereocenters. The summed E-state index contributed by atoms with van der Waals surface area (Å²) in [5, 5.41) is 0. The Bertz CT molecular complexity index is 412. The van der Waals surface area contributed by atoms with E-state index in [2.05, 4.69) is 4.74 Å². The van der Waals surface area contributed by atoms with Gasteiger partial charge in [0, 0.05) is 12.8 Å². The van der Waals surface area contributed by atoms with E-state index in [-0.39, 0.29) is 24.5 Å². The fourth-order valence-electron chi connectivity index (χ4n) is 2.83. The van der Waals surface area contributed by atoms with Gasteiger partial charge in [0.1, 0.15) is 5.41 Å². The quantitative estimate of drug-likeness (QED) is 0.423. The number of allylic oxidation sites excluding steroid dienone is 2. The van der Waals surface area contributed by atoms with Gasteiger partial charge in [0.05, 0.1) is 14.2 Å². The Labute approximate surface area is 119 Å². The van der Waals surface area contributed by atoms with Crippen LogP contribution in [0.3, 0.4) is 0 Å². The first-order valence-electron chi connectivity index (χ1n) is 6.86. The van der Waals surface area contributed by atoms with Crippen molar-refractivity contribution in [2.45, 2.75) is 39.0 Å². The zero-order valence-corrected chi connectivity index (χ0v) is 12.3. The lowest BCUT2D eigenvalue weighted by Crippen LogP contribution is -2.42. The van der Waals surface area contributed by atoms with E-state index in [4.69, 9.17) is 4.74 Å². The van der Waals surface area contributed by atoms with E-state index >= 15 is 0 Å². The number of ketones is 1. The summed E-state index contributed by atoms with van der Waals surface area (Å²) in [7, 11) is 2.57. The van der Waals surface area contributed by atoms with Gasteiger partial charge in [-0.2, -0.15) is 0 Å². The molecular formula is C15H22O5. The second kappa shape index (κ2) is 7.22. The summed E-state index contributed by atoms with van der Waals surface area (Å²) in [5.74, 6) is -1.44. The molecule has 0 radical (unpaired) electrons. The fraction of sp³-hybridized carbons (Fsp3) is 0.667. The van der Waals surface area contributed by atoms with Crippen LogP contribution in [0.5, 0.6) is 0 Å². The average Bonchev–Trinajstić information content (AvgIpc) is 2.76. The number of rotatable bonds is 6. The van der Waals surface area contributed by atoms with E-state index in [0.29, 0.717) is 12.8 Å². The number of esters is 2. The molecule has 1 saturated carbocycles. The van der Waals surface area contributed by atoms with Crippen molar-refractivity contribution in [1.82, 2.24) is 0 Å². The third-order valence-corrected chi connectivity index (χ3v) is 3.95. The Morgan fingerprint density at radius 3 is 2.55 bits per heavy atom. The minimum Gasteiger partial charge on any atom is -0.469 e. The van der Waals surface area contributed by atoms with Gasteiger partial charge in [0.2, 0.25) is 0 Å². The van der Waals surface area contributed by atoms with Crippen LogP contribution in [0.4, 0.5) is 0 Å². The first kappa shape index (κ1) is 16.4. The van der Waals surface area contributed by atoms with Gasteiger partial charge in [-0.15, -0.1) is 0 Å². The minimum atomic E-state index is -1.23. The molecule has 2 unspecified atom stereocenters. The summed E-state index contributed by atoms with van der Waals surface area (Å²) in [6, 6.07) is 0. The molecule has 1 rings (SSSR count). The van der Waals surface area contributed by atoms with Crippen molar-refractivity contribution in [2.24, 2.45) is 11.3 Å². The molecule has 0 aromatic rings. The molecule has 0 saturated heterocycles. The van der Waals surface area contributed by atoms with Gasteiger partial charge < -0.3 is 9.47 Å². The number of ether oxygens (including phenoxy) is 2. The van der Waals surface area contributed by atoms with Crippen LogP contribution in [0.15, 0.2) is 12.2 Å². The molecule has 5 nitrogen and oxygen atoms in total. The smallest absolute Gasteiger partial charge is 0.319 e. The van der Waals surface area contributed by atoms with Gasteiger partial charge in [0.15, 0.2) is 5.78 Å². The molecule has 0 heterocycles. The first-order chi connectivity index (χ1) is 9.52. The predicted molar refractivity (Wildman–Crippen MR) is 72.9 cm³/mol. The molecule has 0 bridgehead atoms. The normalized spacial score (nSPS) is 25.9. The van der Waals surface area contributed by atoms with Crippen molar-refractivity contribution >= 4 is 17.7 Å². The van der Waals surface area contributed by atoms with Gasteiger partial charge in [-0.3, -0.25) is 14.4 Å². The molecule has 0 aromatic carbocycles. The Hall–Kier alpha value is -1.65. The van der Waals surface area contributed by atoms with Crippen LogP contribution < -0.4 is 0 Å².